The summed E-state index contributed by atoms with van der Waals surface area (Å²) in [5.74, 6) is 0.697. The van der Waals surface area contributed by atoms with Crippen molar-refractivity contribution in [3.8, 4) is 22.5 Å². The maximum absolute atomic E-state index is 4.75. The normalized spacial score (nSPS) is 11.0. The van der Waals surface area contributed by atoms with E-state index in [1.807, 2.05) is 80.1 Å². The van der Waals surface area contributed by atoms with Crippen molar-refractivity contribution in [3.63, 3.8) is 0 Å². The van der Waals surface area contributed by atoms with Crippen LogP contribution in [0.25, 0.3) is 28.2 Å². The van der Waals surface area contributed by atoms with Gasteiger partial charge >= 0.3 is 0 Å². The third-order valence-corrected chi connectivity index (χ3v) is 5.58. The van der Waals surface area contributed by atoms with Crippen LogP contribution in [0.3, 0.4) is 0 Å². The lowest BCUT2D eigenvalue weighted by Gasteiger charge is -2.14. The Kier molecular flexibility index (Phi) is 5.18. The summed E-state index contributed by atoms with van der Waals surface area (Å²) < 4.78 is 3.89. The molecule has 0 spiro atoms. The summed E-state index contributed by atoms with van der Waals surface area (Å²) >= 11 is 0. The first-order valence-corrected chi connectivity index (χ1v) is 10.7. The Labute approximate surface area is 192 Å². The minimum Gasteiger partial charge on any atom is -0.388 e. The second-order valence-corrected chi connectivity index (χ2v) is 8.08. The quantitative estimate of drug-likeness (QED) is 0.402. The number of fused-ring (bicyclic) bond motifs is 1. The number of benzene rings is 2. The molecule has 0 atom stereocenters. The highest BCUT2D eigenvalue weighted by Crippen LogP contribution is 2.33. The Morgan fingerprint density at radius 3 is 2.61 bits per heavy atom. The summed E-state index contributed by atoms with van der Waals surface area (Å²) in [6, 6.07) is 16.4. The van der Waals surface area contributed by atoms with E-state index in [0.29, 0.717) is 5.82 Å². The molecule has 8 heteroatoms. The maximum Gasteiger partial charge on any atom is 0.180 e. The Balaban J connectivity index is 1.58. The number of aryl methyl sites for hydroxylation is 1. The van der Waals surface area contributed by atoms with Gasteiger partial charge in [-0.25, -0.2) is 9.97 Å². The van der Waals surface area contributed by atoms with Crippen molar-refractivity contribution >= 4 is 28.5 Å². The molecule has 8 nitrogen and oxygen atoms in total. The summed E-state index contributed by atoms with van der Waals surface area (Å²) in [6.07, 6.45) is 7.62. The van der Waals surface area contributed by atoms with Crippen molar-refractivity contribution in [1.82, 2.24) is 24.1 Å². The lowest BCUT2D eigenvalue weighted by Crippen LogP contribution is -2.08. The maximum atomic E-state index is 4.75. The molecule has 0 aliphatic heterocycles. The second kappa shape index (κ2) is 8.31. The smallest absolute Gasteiger partial charge is 0.180 e. The van der Waals surface area contributed by atoms with Gasteiger partial charge in [0.15, 0.2) is 11.5 Å². The van der Waals surface area contributed by atoms with Crippen LogP contribution >= 0.6 is 0 Å². The molecule has 166 valence electrons. The summed E-state index contributed by atoms with van der Waals surface area (Å²) in [5.41, 5.74) is 7.76. The lowest BCUT2D eigenvalue weighted by atomic mass is 10.1. The van der Waals surface area contributed by atoms with Crippen molar-refractivity contribution in [2.75, 3.05) is 36.7 Å². The van der Waals surface area contributed by atoms with E-state index in [1.54, 1.807) is 6.20 Å². The highest BCUT2D eigenvalue weighted by Gasteiger charge is 2.18. The Hall–Kier alpha value is -4.33. The molecule has 0 amide bonds. The molecule has 3 aromatic heterocycles. The molecule has 0 fully saturated rings. The zero-order valence-corrected chi connectivity index (χ0v) is 19.1. The molecule has 0 aliphatic rings. The van der Waals surface area contributed by atoms with E-state index in [2.05, 4.69) is 44.8 Å². The molecule has 3 heterocycles. The van der Waals surface area contributed by atoms with E-state index in [4.69, 9.17) is 10.1 Å². The fourth-order valence-corrected chi connectivity index (χ4v) is 3.92. The standard InChI is InChI=1S/C25H26N8/c1-26-18-8-5-7-17(13-18)23-21(16-32(4)30-23)22-15-28-25-24(27-11-12-33(22)25)29-19-9-6-10-20(14-19)31(2)3/h5-16,26H,1-4H3,(H,27,29). The molecule has 0 aliphatic carbocycles. The van der Waals surface area contributed by atoms with Crippen molar-refractivity contribution in [3.05, 3.63) is 73.3 Å². The molecule has 5 aromatic rings. The first kappa shape index (κ1) is 20.6. The van der Waals surface area contributed by atoms with Crippen molar-refractivity contribution in [2.45, 2.75) is 0 Å². The van der Waals surface area contributed by atoms with Gasteiger partial charge in [0.1, 0.15) is 5.69 Å². The summed E-state index contributed by atoms with van der Waals surface area (Å²) in [4.78, 5) is 11.3. The van der Waals surface area contributed by atoms with Crippen molar-refractivity contribution in [1.29, 1.82) is 0 Å². The van der Waals surface area contributed by atoms with Crippen LogP contribution in [0.15, 0.2) is 73.3 Å². The fourth-order valence-electron chi connectivity index (χ4n) is 3.92. The summed E-state index contributed by atoms with van der Waals surface area (Å²) in [6.45, 7) is 0. The SMILES string of the molecule is CNc1cccc(-c2nn(C)cc2-c2cnc3c(Nc4cccc(N(C)C)c4)nccn23)c1. The second-order valence-electron chi connectivity index (χ2n) is 8.08. The first-order chi connectivity index (χ1) is 16.0. The number of aromatic nitrogens is 5. The highest BCUT2D eigenvalue weighted by atomic mass is 15.3. The van der Waals surface area contributed by atoms with Crippen LogP contribution in [0, 0.1) is 0 Å². The first-order valence-electron chi connectivity index (χ1n) is 10.7. The molecule has 0 saturated heterocycles. The van der Waals surface area contributed by atoms with Gasteiger partial charge in [-0.15, -0.1) is 0 Å². The van der Waals surface area contributed by atoms with E-state index in [1.165, 1.54) is 0 Å². The fraction of sp³-hybridized carbons (Fsp3) is 0.160. The number of hydrogen-bond acceptors (Lipinski definition) is 6. The average Bonchev–Trinajstić information content (AvgIpc) is 3.43. The third-order valence-electron chi connectivity index (χ3n) is 5.58. The van der Waals surface area contributed by atoms with E-state index < -0.39 is 0 Å². The molecular formula is C25H26N8. The van der Waals surface area contributed by atoms with Crippen LogP contribution in [0.5, 0.6) is 0 Å². The predicted molar refractivity (Wildman–Crippen MR) is 134 cm³/mol. The van der Waals surface area contributed by atoms with Gasteiger partial charge in [-0.05, 0) is 30.3 Å². The van der Waals surface area contributed by atoms with Crippen molar-refractivity contribution < 1.29 is 0 Å². The number of anilines is 4. The van der Waals surface area contributed by atoms with Gasteiger partial charge in [0.2, 0.25) is 0 Å². The van der Waals surface area contributed by atoms with Crippen LogP contribution in [0.2, 0.25) is 0 Å². The number of imidazole rings is 1. The molecule has 2 aromatic carbocycles. The molecular weight excluding hydrogens is 412 g/mol. The van der Waals surface area contributed by atoms with Crippen LogP contribution < -0.4 is 15.5 Å². The van der Waals surface area contributed by atoms with E-state index in [-0.39, 0.29) is 0 Å². The Bertz CT molecular complexity index is 1430. The number of rotatable bonds is 6. The van der Waals surface area contributed by atoms with E-state index in [0.717, 1.165) is 45.2 Å². The van der Waals surface area contributed by atoms with Crippen LogP contribution in [0.1, 0.15) is 0 Å². The van der Waals surface area contributed by atoms with E-state index in [9.17, 15) is 0 Å². The Morgan fingerprint density at radius 2 is 1.79 bits per heavy atom. The lowest BCUT2D eigenvalue weighted by molar-refractivity contribution is 0.771. The van der Waals surface area contributed by atoms with E-state index >= 15 is 0 Å². The van der Waals surface area contributed by atoms with Crippen LogP contribution in [0.4, 0.5) is 22.9 Å². The zero-order valence-electron chi connectivity index (χ0n) is 19.1. The van der Waals surface area contributed by atoms with Crippen LogP contribution in [-0.4, -0.2) is 45.3 Å². The predicted octanol–water partition coefficient (Wildman–Crippen LogP) is 4.65. The topological polar surface area (TPSA) is 75.3 Å². The Morgan fingerprint density at radius 1 is 0.970 bits per heavy atom. The van der Waals surface area contributed by atoms with Gasteiger partial charge in [0, 0.05) is 75.0 Å². The third kappa shape index (κ3) is 3.87. The van der Waals surface area contributed by atoms with Gasteiger partial charge in [0.25, 0.3) is 0 Å². The monoisotopic (exact) mass is 438 g/mol. The minimum absolute atomic E-state index is 0.697. The average molecular weight is 439 g/mol. The molecule has 0 radical (unpaired) electrons. The highest BCUT2D eigenvalue weighted by molar-refractivity contribution is 5.83. The number of hydrogen-bond donors (Lipinski definition) is 2. The number of nitrogens with zero attached hydrogens (tertiary/aromatic N) is 6. The van der Waals surface area contributed by atoms with Gasteiger partial charge < -0.3 is 15.5 Å². The minimum atomic E-state index is 0.697. The van der Waals surface area contributed by atoms with Gasteiger partial charge in [-0.2, -0.15) is 5.10 Å². The molecule has 0 unspecified atom stereocenters. The van der Waals surface area contributed by atoms with Crippen LogP contribution in [-0.2, 0) is 7.05 Å². The zero-order chi connectivity index (χ0) is 22.9. The molecule has 2 N–H and O–H groups in total. The molecule has 33 heavy (non-hydrogen) atoms. The largest absolute Gasteiger partial charge is 0.388 e. The molecule has 0 bridgehead atoms. The van der Waals surface area contributed by atoms with Crippen molar-refractivity contribution in [2.24, 2.45) is 7.05 Å². The molecule has 0 saturated carbocycles. The molecule has 5 rings (SSSR count). The summed E-state index contributed by atoms with van der Waals surface area (Å²) in [5, 5.41) is 11.4. The number of nitrogens with one attached hydrogen (secondary N) is 2. The van der Waals surface area contributed by atoms with Gasteiger partial charge in [-0.3, -0.25) is 9.08 Å². The van der Waals surface area contributed by atoms with Gasteiger partial charge in [-0.1, -0.05) is 18.2 Å². The summed E-state index contributed by atoms with van der Waals surface area (Å²) in [7, 11) is 7.90. The van der Waals surface area contributed by atoms with Gasteiger partial charge in [0.05, 0.1) is 11.9 Å².